The third-order valence-electron chi connectivity index (χ3n) is 2.79. The van der Waals surface area contributed by atoms with Crippen LogP contribution in [0.2, 0.25) is 0 Å². The largest absolute Gasteiger partial charge is 0.350 e. The lowest BCUT2D eigenvalue weighted by atomic mass is 10.1. The maximum Gasteiger partial charge on any atom is 0.222 e. The van der Waals surface area contributed by atoms with E-state index >= 15 is 0 Å². The van der Waals surface area contributed by atoms with E-state index in [1.165, 1.54) is 6.07 Å². The lowest BCUT2D eigenvalue weighted by Gasteiger charge is -2.16. The van der Waals surface area contributed by atoms with Crippen LogP contribution in [0.3, 0.4) is 0 Å². The summed E-state index contributed by atoms with van der Waals surface area (Å²) in [6.45, 7) is 3.61. The van der Waals surface area contributed by atoms with Crippen molar-refractivity contribution in [2.24, 2.45) is 5.73 Å². The third-order valence-corrected chi connectivity index (χ3v) is 2.79. The van der Waals surface area contributed by atoms with Crippen molar-refractivity contribution in [2.75, 3.05) is 0 Å². The molecule has 0 bridgehead atoms. The quantitative estimate of drug-likeness (QED) is 0.849. The molecule has 3 N–H and O–H groups in total. The Balaban J connectivity index is 2.62. The molecule has 2 unspecified atom stereocenters. The van der Waals surface area contributed by atoms with Gasteiger partial charge in [0.05, 0.1) is 6.04 Å². The maximum absolute atomic E-state index is 13.0. The molecule has 0 aliphatic carbocycles. The van der Waals surface area contributed by atoms with E-state index in [4.69, 9.17) is 5.73 Å². The van der Waals surface area contributed by atoms with Gasteiger partial charge in [-0.3, -0.25) is 4.79 Å². The Hall–Kier alpha value is -1.49. The number of rotatable bonds is 5. The maximum atomic E-state index is 13.0. The molecule has 0 spiro atoms. The number of hydrogen-bond donors (Lipinski definition) is 2. The molecular weight excluding hydrogens is 238 g/mol. The monoisotopic (exact) mass is 256 g/mol. The van der Waals surface area contributed by atoms with Gasteiger partial charge in [0.15, 0.2) is 11.6 Å². The van der Waals surface area contributed by atoms with Crippen LogP contribution in [0.1, 0.15) is 38.3 Å². The molecule has 100 valence electrons. The molecule has 1 rings (SSSR count). The number of carbonyl (C=O) groups is 1. The highest BCUT2D eigenvalue weighted by Gasteiger charge is 2.13. The van der Waals surface area contributed by atoms with Crippen molar-refractivity contribution in [1.82, 2.24) is 5.32 Å². The van der Waals surface area contributed by atoms with Crippen molar-refractivity contribution >= 4 is 5.91 Å². The predicted molar refractivity (Wildman–Crippen MR) is 65.8 cm³/mol. The Kier molecular flexibility index (Phi) is 5.22. The first-order valence-electron chi connectivity index (χ1n) is 5.94. The van der Waals surface area contributed by atoms with Gasteiger partial charge < -0.3 is 11.1 Å². The summed E-state index contributed by atoms with van der Waals surface area (Å²) in [6, 6.07) is 3.02. The van der Waals surface area contributed by atoms with Gasteiger partial charge in [0, 0.05) is 12.5 Å². The van der Waals surface area contributed by atoms with E-state index in [0.29, 0.717) is 12.0 Å². The zero-order valence-corrected chi connectivity index (χ0v) is 10.5. The molecule has 5 heteroatoms. The van der Waals surface area contributed by atoms with Crippen molar-refractivity contribution in [1.29, 1.82) is 0 Å². The molecule has 1 aromatic carbocycles. The van der Waals surface area contributed by atoms with E-state index in [0.717, 1.165) is 12.1 Å². The standard InChI is InChI=1S/C13H18F2N2O/c1-3-10(16)7-13(18)17-8(2)9-4-5-11(14)12(15)6-9/h4-6,8,10H,3,7,16H2,1-2H3,(H,17,18). The summed E-state index contributed by atoms with van der Waals surface area (Å²) < 4.78 is 25.8. The van der Waals surface area contributed by atoms with E-state index in [1.54, 1.807) is 6.92 Å². The molecule has 0 saturated carbocycles. The Morgan fingerprint density at radius 3 is 2.61 bits per heavy atom. The second-order valence-electron chi connectivity index (χ2n) is 4.34. The Morgan fingerprint density at radius 2 is 2.06 bits per heavy atom. The summed E-state index contributed by atoms with van der Waals surface area (Å²) in [6.07, 6.45) is 0.942. The summed E-state index contributed by atoms with van der Waals surface area (Å²) in [7, 11) is 0. The lowest BCUT2D eigenvalue weighted by molar-refractivity contribution is -0.122. The van der Waals surface area contributed by atoms with Gasteiger partial charge in [-0.15, -0.1) is 0 Å². The number of benzene rings is 1. The molecule has 0 radical (unpaired) electrons. The Labute approximate surface area is 105 Å². The summed E-state index contributed by atoms with van der Waals surface area (Å²) in [4.78, 5) is 11.6. The smallest absolute Gasteiger partial charge is 0.222 e. The fraction of sp³-hybridized carbons (Fsp3) is 0.462. The molecule has 18 heavy (non-hydrogen) atoms. The van der Waals surface area contributed by atoms with Crippen LogP contribution in [0.5, 0.6) is 0 Å². The van der Waals surface area contributed by atoms with Crippen molar-refractivity contribution in [2.45, 2.75) is 38.8 Å². The number of halogens is 2. The minimum atomic E-state index is -0.918. The molecular formula is C13H18F2N2O. The molecule has 1 amide bonds. The average Bonchev–Trinajstić information content (AvgIpc) is 2.32. The second kappa shape index (κ2) is 6.44. The van der Waals surface area contributed by atoms with Crippen LogP contribution >= 0.6 is 0 Å². The van der Waals surface area contributed by atoms with Gasteiger partial charge in [-0.05, 0) is 31.0 Å². The predicted octanol–water partition coefficient (Wildman–Crippen LogP) is 2.27. The Bertz CT molecular complexity index is 423. The zero-order chi connectivity index (χ0) is 13.7. The van der Waals surface area contributed by atoms with Gasteiger partial charge in [-0.2, -0.15) is 0 Å². The lowest BCUT2D eigenvalue weighted by Crippen LogP contribution is -2.32. The highest BCUT2D eigenvalue weighted by molar-refractivity contribution is 5.77. The van der Waals surface area contributed by atoms with Crippen molar-refractivity contribution in [3.05, 3.63) is 35.4 Å². The van der Waals surface area contributed by atoms with Crippen LogP contribution in [-0.4, -0.2) is 11.9 Å². The van der Waals surface area contributed by atoms with E-state index < -0.39 is 11.6 Å². The highest BCUT2D eigenvalue weighted by atomic mass is 19.2. The molecule has 0 heterocycles. The van der Waals surface area contributed by atoms with Crippen LogP contribution in [0, 0.1) is 11.6 Å². The van der Waals surface area contributed by atoms with Gasteiger partial charge in [0.1, 0.15) is 0 Å². The molecule has 0 aliphatic heterocycles. The van der Waals surface area contributed by atoms with Gasteiger partial charge in [-0.1, -0.05) is 13.0 Å². The molecule has 2 atom stereocenters. The third kappa shape index (κ3) is 4.07. The van der Waals surface area contributed by atoms with Crippen molar-refractivity contribution in [3.8, 4) is 0 Å². The van der Waals surface area contributed by atoms with E-state index in [1.807, 2.05) is 6.92 Å². The molecule has 3 nitrogen and oxygen atoms in total. The van der Waals surface area contributed by atoms with Gasteiger partial charge in [-0.25, -0.2) is 8.78 Å². The molecule has 0 aromatic heterocycles. The van der Waals surface area contributed by atoms with E-state index in [2.05, 4.69) is 5.32 Å². The number of nitrogens with one attached hydrogen (secondary N) is 1. The molecule has 1 aromatic rings. The van der Waals surface area contributed by atoms with Crippen LogP contribution in [0.15, 0.2) is 18.2 Å². The molecule has 0 saturated heterocycles. The number of amides is 1. The van der Waals surface area contributed by atoms with Gasteiger partial charge in [0.2, 0.25) is 5.91 Å². The van der Waals surface area contributed by atoms with Crippen molar-refractivity contribution in [3.63, 3.8) is 0 Å². The summed E-state index contributed by atoms with van der Waals surface area (Å²) in [5.41, 5.74) is 6.18. The summed E-state index contributed by atoms with van der Waals surface area (Å²) >= 11 is 0. The first kappa shape index (κ1) is 14.6. The molecule has 0 fully saturated rings. The fourth-order valence-electron chi connectivity index (χ4n) is 1.55. The first-order valence-corrected chi connectivity index (χ1v) is 5.94. The summed E-state index contributed by atoms with van der Waals surface area (Å²) in [5, 5.41) is 2.70. The normalized spacial score (nSPS) is 14.1. The van der Waals surface area contributed by atoms with Gasteiger partial charge >= 0.3 is 0 Å². The zero-order valence-electron chi connectivity index (χ0n) is 10.5. The van der Waals surface area contributed by atoms with E-state index in [9.17, 15) is 13.6 Å². The van der Waals surface area contributed by atoms with Crippen LogP contribution in [0.25, 0.3) is 0 Å². The van der Waals surface area contributed by atoms with E-state index in [-0.39, 0.29) is 24.4 Å². The molecule has 0 aliphatic rings. The second-order valence-corrected chi connectivity index (χ2v) is 4.34. The van der Waals surface area contributed by atoms with Crippen LogP contribution < -0.4 is 11.1 Å². The number of nitrogens with two attached hydrogens (primary N) is 1. The van der Waals surface area contributed by atoms with Crippen molar-refractivity contribution < 1.29 is 13.6 Å². The fourth-order valence-corrected chi connectivity index (χ4v) is 1.55. The first-order chi connectivity index (χ1) is 8.43. The highest BCUT2D eigenvalue weighted by Crippen LogP contribution is 2.16. The summed E-state index contributed by atoms with van der Waals surface area (Å²) in [5.74, 6) is -2.01. The minimum absolute atomic E-state index is 0.179. The van der Waals surface area contributed by atoms with Crippen LogP contribution in [0.4, 0.5) is 8.78 Å². The Morgan fingerprint density at radius 1 is 1.39 bits per heavy atom. The average molecular weight is 256 g/mol. The number of hydrogen-bond acceptors (Lipinski definition) is 2. The van der Waals surface area contributed by atoms with Gasteiger partial charge in [0.25, 0.3) is 0 Å². The topological polar surface area (TPSA) is 55.1 Å². The van der Waals surface area contributed by atoms with Crippen LogP contribution in [-0.2, 0) is 4.79 Å². The number of carbonyl (C=O) groups excluding carboxylic acids is 1. The SMILES string of the molecule is CCC(N)CC(=O)NC(C)c1ccc(F)c(F)c1. The minimum Gasteiger partial charge on any atom is -0.350 e.